The van der Waals surface area contributed by atoms with Gasteiger partial charge in [-0.3, -0.25) is 9.78 Å². The van der Waals surface area contributed by atoms with Gasteiger partial charge in [-0.2, -0.15) is 0 Å². The number of rotatable bonds is 7. The van der Waals surface area contributed by atoms with Crippen LogP contribution in [0.15, 0.2) is 36.7 Å². The Bertz CT molecular complexity index is 691. The van der Waals surface area contributed by atoms with E-state index in [9.17, 15) is 9.90 Å². The molecule has 5 heteroatoms. The van der Waals surface area contributed by atoms with E-state index in [2.05, 4.69) is 10.3 Å². The van der Waals surface area contributed by atoms with Gasteiger partial charge in [0.1, 0.15) is 12.4 Å². The predicted octanol–water partition coefficient (Wildman–Crippen LogP) is 3.02. The van der Waals surface area contributed by atoms with Gasteiger partial charge < -0.3 is 15.2 Å². The van der Waals surface area contributed by atoms with Gasteiger partial charge in [-0.15, -0.1) is 0 Å². The van der Waals surface area contributed by atoms with Gasteiger partial charge in [-0.25, -0.2) is 0 Å². The van der Waals surface area contributed by atoms with E-state index < -0.39 is 6.10 Å². The summed E-state index contributed by atoms with van der Waals surface area (Å²) < 4.78 is 5.91. The molecule has 1 aromatic heterocycles. The quantitative estimate of drug-likeness (QED) is 0.811. The highest BCUT2D eigenvalue weighted by Crippen LogP contribution is 2.25. The Morgan fingerprint density at radius 3 is 2.52 bits per heavy atom. The van der Waals surface area contributed by atoms with E-state index in [1.165, 1.54) is 0 Å². The Kier molecular flexibility index (Phi) is 6.53. The zero-order valence-corrected chi connectivity index (χ0v) is 15.2. The van der Waals surface area contributed by atoms with E-state index in [0.29, 0.717) is 12.2 Å². The van der Waals surface area contributed by atoms with Crippen molar-refractivity contribution < 1.29 is 14.6 Å². The lowest BCUT2D eigenvalue weighted by atomic mass is 10.0. The molecule has 1 aromatic carbocycles. The van der Waals surface area contributed by atoms with E-state index in [0.717, 1.165) is 22.4 Å². The number of nitrogens with one attached hydrogen (secondary N) is 1. The number of pyridine rings is 1. The fourth-order valence-corrected chi connectivity index (χ4v) is 2.48. The Hall–Kier alpha value is -2.40. The molecule has 0 aliphatic carbocycles. The van der Waals surface area contributed by atoms with Crippen LogP contribution in [0.4, 0.5) is 0 Å². The summed E-state index contributed by atoms with van der Waals surface area (Å²) >= 11 is 0. The number of amides is 1. The molecule has 2 N–H and O–H groups in total. The van der Waals surface area contributed by atoms with E-state index in [1.807, 2.05) is 52.0 Å². The van der Waals surface area contributed by atoms with Gasteiger partial charge in [-0.1, -0.05) is 19.9 Å². The molecule has 1 unspecified atom stereocenters. The van der Waals surface area contributed by atoms with E-state index in [-0.39, 0.29) is 18.4 Å². The number of hydrogen-bond donors (Lipinski definition) is 2. The minimum Gasteiger partial charge on any atom is -0.488 e. The zero-order chi connectivity index (χ0) is 18.4. The smallest absolute Gasteiger partial charge is 0.251 e. The minimum atomic E-state index is -0.548. The van der Waals surface area contributed by atoms with Crippen molar-refractivity contribution in [2.45, 2.75) is 40.4 Å². The Labute approximate surface area is 149 Å². The van der Waals surface area contributed by atoms with Gasteiger partial charge in [0.2, 0.25) is 0 Å². The molecule has 1 atom stereocenters. The van der Waals surface area contributed by atoms with Crippen LogP contribution in [-0.4, -0.2) is 28.6 Å². The van der Waals surface area contributed by atoms with Gasteiger partial charge in [0, 0.05) is 30.1 Å². The fraction of sp³-hybridized carbons (Fsp3) is 0.400. The van der Waals surface area contributed by atoms with Crippen LogP contribution in [0.5, 0.6) is 5.75 Å². The molecular formula is C20H26N2O3. The topological polar surface area (TPSA) is 71.5 Å². The van der Waals surface area contributed by atoms with Crippen LogP contribution in [-0.2, 0) is 6.61 Å². The number of carbonyl (C=O) groups is 1. The standard InChI is InChI=1S/C20H26N2O3/c1-13(2)18(23)11-22-20(24)17-8-14(3)19(15(4)9-17)25-12-16-6-5-7-21-10-16/h5-10,13,18,23H,11-12H2,1-4H3,(H,22,24). The van der Waals surface area contributed by atoms with Crippen molar-refractivity contribution in [3.05, 3.63) is 58.9 Å². The van der Waals surface area contributed by atoms with Crippen molar-refractivity contribution in [3.8, 4) is 5.75 Å². The lowest BCUT2D eigenvalue weighted by Gasteiger charge is -2.16. The second kappa shape index (κ2) is 8.62. The largest absolute Gasteiger partial charge is 0.488 e. The number of aryl methyl sites for hydroxylation is 2. The average Bonchev–Trinajstić information content (AvgIpc) is 2.59. The first-order chi connectivity index (χ1) is 11.9. The Morgan fingerprint density at radius 1 is 1.28 bits per heavy atom. The summed E-state index contributed by atoms with van der Waals surface area (Å²) in [5.74, 6) is 0.694. The molecule has 2 aromatic rings. The van der Waals surface area contributed by atoms with Crippen LogP contribution in [0.3, 0.4) is 0 Å². The van der Waals surface area contributed by atoms with Crippen molar-refractivity contribution >= 4 is 5.91 Å². The maximum atomic E-state index is 12.3. The van der Waals surface area contributed by atoms with E-state index in [1.54, 1.807) is 12.4 Å². The number of hydrogen-bond acceptors (Lipinski definition) is 4. The van der Waals surface area contributed by atoms with Gasteiger partial charge in [-0.05, 0) is 49.1 Å². The van der Waals surface area contributed by atoms with Crippen molar-refractivity contribution in [2.75, 3.05) is 6.54 Å². The fourth-order valence-electron chi connectivity index (χ4n) is 2.48. The summed E-state index contributed by atoms with van der Waals surface area (Å²) in [6.07, 6.45) is 2.95. The van der Waals surface area contributed by atoms with Crippen molar-refractivity contribution in [1.82, 2.24) is 10.3 Å². The zero-order valence-electron chi connectivity index (χ0n) is 15.2. The highest BCUT2D eigenvalue weighted by molar-refractivity contribution is 5.94. The van der Waals surface area contributed by atoms with E-state index >= 15 is 0 Å². The second-order valence-corrected chi connectivity index (χ2v) is 6.61. The van der Waals surface area contributed by atoms with Crippen LogP contribution in [0.2, 0.25) is 0 Å². The van der Waals surface area contributed by atoms with Crippen molar-refractivity contribution in [2.24, 2.45) is 5.92 Å². The Balaban J connectivity index is 2.04. The van der Waals surface area contributed by atoms with Crippen LogP contribution in [0, 0.1) is 19.8 Å². The molecular weight excluding hydrogens is 316 g/mol. The summed E-state index contributed by atoms with van der Waals surface area (Å²) in [6.45, 7) is 8.35. The summed E-state index contributed by atoms with van der Waals surface area (Å²) in [4.78, 5) is 16.4. The number of ether oxygens (including phenoxy) is 1. The Morgan fingerprint density at radius 2 is 1.96 bits per heavy atom. The molecule has 1 amide bonds. The monoisotopic (exact) mass is 342 g/mol. The molecule has 1 heterocycles. The normalized spacial score (nSPS) is 12.1. The molecule has 0 fully saturated rings. The molecule has 5 nitrogen and oxygen atoms in total. The summed E-state index contributed by atoms with van der Waals surface area (Å²) in [6, 6.07) is 7.45. The maximum Gasteiger partial charge on any atom is 0.251 e. The van der Waals surface area contributed by atoms with Crippen molar-refractivity contribution in [3.63, 3.8) is 0 Å². The molecule has 0 saturated carbocycles. The maximum absolute atomic E-state index is 12.3. The van der Waals surface area contributed by atoms with E-state index in [4.69, 9.17) is 4.74 Å². The van der Waals surface area contributed by atoms with Gasteiger partial charge in [0.25, 0.3) is 5.91 Å². The average molecular weight is 342 g/mol. The molecule has 25 heavy (non-hydrogen) atoms. The predicted molar refractivity (Wildman–Crippen MR) is 97.7 cm³/mol. The molecule has 0 bridgehead atoms. The number of benzene rings is 1. The lowest BCUT2D eigenvalue weighted by Crippen LogP contribution is -2.34. The highest BCUT2D eigenvalue weighted by atomic mass is 16.5. The summed E-state index contributed by atoms with van der Waals surface area (Å²) in [5, 5.41) is 12.6. The third-order valence-electron chi connectivity index (χ3n) is 4.07. The number of aromatic nitrogens is 1. The molecule has 0 spiro atoms. The number of aliphatic hydroxyl groups excluding tert-OH is 1. The molecule has 0 aliphatic rings. The number of aliphatic hydroxyl groups is 1. The van der Waals surface area contributed by atoms with Crippen LogP contribution in [0.1, 0.15) is 40.9 Å². The molecule has 134 valence electrons. The SMILES string of the molecule is Cc1cc(C(=O)NCC(O)C(C)C)cc(C)c1OCc1cccnc1. The first kappa shape index (κ1) is 18.9. The van der Waals surface area contributed by atoms with Gasteiger partial charge in [0.05, 0.1) is 6.10 Å². The van der Waals surface area contributed by atoms with Crippen LogP contribution < -0.4 is 10.1 Å². The van der Waals surface area contributed by atoms with Crippen LogP contribution >= 0.6 is 0 Å². The first-order valence-electron chi connectivity index (χ1n) is 8.47. The number of carbonyl (C=O) groups excluding carboxylic acids is 1. The van der Waals surface area contributed by atoms with Crippen molar-refractivity contribution in [1.29, 1.82) is 0 Å². The molecule has 2 rings (SSSR count). The summed E-state index contributed by atoms with van der Waals surface area (Å²) in [7, 11) is 0. The third kappa shape index (κ3) is 5.29. The van der Waals surface area contributed by atoms with Gasteiger partial charge >= 0.3 is 0 Å². The lowest BCUT2D eigenvalue weighted by molar-refractivity contribution is 0.0871. The third-order valence-corrected chi connectivity index (χ3v) is 4.07. The second-order valence-electron chi connectivity index (χ2n) is 6.61. The summed E-state index contributed by atoms with van der Waals surface area (Å²) in [5.41, 5.74) is 3.36. The minimum absolute atomic E-state index is 0.104. The highest BCUT2D eigenvalue weighted by Gasteiger charge is 2.14. The molecule has 0 radical (unpaired) electrons. The van der Waals surface area contributed by atoms with Crippen LogP contribution in [0.25, 0.3) is 0 Å². The van der Waals surface area contributed by atoms with Gasteiger partial charge in [0.15, 0.2) is 0 Å². The first-order valence-corrected chi connectivity index (χ1v) is 8.47. The molecule has 0 aliphatic heterocycles. The number of nitrogens with zero attached hydrogens (tertiary/aromatic N) is 1. The molecule has 0 saturated heterocycles.